The Labute approximate surface area is 203 Å². The fourth-order valence-electron chi connectivity index (χ4n) is 7.25. The number of carbonyl (C=O) groups excluding carboxylic acids is 1. The Hall–Kier alpha value is -1.35. The van der Waals surface area contributed by atoms with Gasteiger partial charge in [0.2, 0.25) is 5.91 Å². The van der Waals surface area contributed by atoms with Crippen LogP contribution in [0.15, 0.2) is 35.5 Å². The third-order valence-corrected chi connectivity index (χ3v) is 8.98. The molecule has 0 aromatic rings. The smallest absolute Gasteiger partial charge is 0.217 e. The zero-order valence-electron chi connectivity index (χ0n) is 22.2. The van der Waals surface area contributed by atoms with Gasteiger partial charge in [-0.05, 0) is 91.1 Å². The minimum atomic E-state index is -0.418. The summed E-state index contributed by atoms with van der Waals surface area (Å²) in [4.78, 5) is 11.6. The minimum absolute atomic E-state index is 0.0652. The molecule has 1 amide bonds. The van der Waals surface area contributed by atoms with Crippen LogP contribution in [0.25, 0.3) is 0 Å². The molecule has 0 heterocycles. The lowest BCUT2D eigenvalue weighted by molar-refractivity contribution is -0.119. The van der Waals surface area contributed by atoms with Crippen molar-refractivity contribution in [2.24, 2.45) is 28.6 Å². The van der Waals surface area contributed by atoms with Gasteiger partial charge < -0.3 is 10.4 Å². The van der Waals surface area contributed by atoms with Gasteiger partial charge in [0.05, 0.1) is 12.1 Å². The van der Waals surface area contributed by atoms with Crippen molar-refractivity contribution in [2.75, 3.05) is 0 Å². The van der Waals surface area contributed by atoms with Gasteiger partial charge in [0.15, 0.2) is 0 Å². The number of allylic oxidation sites excluding steroid dienone is 3. The van der Waals surface area contributed by atoms with Crippen LogP contribution < -0.4 is 5.32 Å². The summed E-state index contributed by atoms with van der Waals surface area (Å²) in [6, 6.07) is -0.155. The Morgan fingerprint density at radius 3 is 2.70 bits per heavy atom. The molecule has 186 valence electrons. The number of hydrogen-bond acceptors (Lipinski definition) is 2. The second kappa shape index (κ2) is 10.5. The minimum Gasteiger partial charge on any atom is -0.393 e. The van der Waals surface area contributed by atoms with Gasteiger partial charge in [-0.25, -0.2) is 0 Å². The maximum atomic E-state index is 11.6. The van der Waals surface area contributed by atoms with Crippen molar-refractivity contribution in [2.45, 2.75) is 118 Å². The van der Waals surface area contributed by atoms with Crippen LogP contribution >= 0.6 is 0 Å². The van der Waals surface area contributed by atoms with E-state index in [1.54, 1.807) is 5.57 Å². The maximum Gasteiger partial charge on any atom is 0.217 e. The summed E-state index contributed by atoms with van der Waals surface area (Å²) >= 11 is 0. The van der Waals surface area contributed by atoms with E-state index in [1.807, 2.05) is 0 Å². The van der Waals surface area contributed by atoms with Gasteiger partial charge in [-0.2, -0.15) is 0 Å². The number of fused-ring (bicyclic) bond motifs is 1. The zero-order chi connectivity index (χ0) is 24.4. The van der Waals surface area contributed by atoms with Gasteiger partial charge in [0.1, 0.15) is 0 Å². The molecule has 0 saturated heterocycles. The van der Waals surface area contributed by atoms with Crippen LogP contribution in [0.2, 0.25) is 0 Å². The summed E-state index contributed by atoms with van der Waals surface area (Å²) in [5, 5.41) is 13.3. The monoisotopic (exact) mass is 455 g/mol. The third kappa shape index (κ3) is 6.41. The van der Waals surface area contributed by atoms with Gasteiger partial charge in [-0.15, -0.1) is 0 Å². The number of rotatable bonds is 6. The molecular weight excluding hydrogens is 406 g/mol. The topological polar surface area (TPSA) is 49.3 Å². The highest BCUT2D eigenvalue weighted by Gasteiger charge is 2.50. The van der Waals surface area contributed by atoms with Crippen molar-refractivity contribution in [3.05, 3.63) is 35.5 Å². The summed E-state index contributed by atoms with van der Waals surface area (Å²) in [5.41, 5.74) is 4.52. The molecule has 0 radical (unpaired) electrons. The first-order chi connectivity index (χ1) is 15.4. The number of aliphatic hydroxyl groups excluding tert-OH is 1. The van der Waals surface area contributed by atoms with E-state index in [0.717, 1.165) is 23.0 Å². The van der Waals surface area contributed by atoms with Crippen LogP contribution in [-0.2, 0) is 4.79 Å². The molecule has 0 unspecified atom stereocenters. The molecule has 3 aliphatic carbocycles. The highest BCUT2D eigenvalue weighted by Crippen LogP contribution is 2.60. The van der Waals surface area contributed by atoms with Gasteiger partial charge in [0, 0.05) is 6.92 Å². The second-order valence-electron chi connectivity index (χ2n) is 12.8. The maximum absolute atomic E-state index is 11.6. The molecule has 0 aliphatic heterocycles. The van der Waals surface area contributed by atoms with Crippen LogP contribution in [0, 0.1) is 28.6 Å². The largest absolute Gasteiger partial charge is 0.393 e. The van der Waals surface area contributed by atoms with Crippen molar-refractivity contribution < 1.29 is 9.90 Å². The molecule has 0 spiro atoms. The van der Waals surface area contributed by atoms with Gasteiger partial charge >= 0.3 is 0 Å². The predicted molar refractivity (Wildman–Crippen MR) is 139 cm³/mol. The first kappa shape index (κ1) is 26.3. The van der Waals surface area contributed by atoms with Gasteiger partial charge in [-0.3, -0.25) is 4.79 Å². The van der Waals surface area contributed by atoms with E-state index in [9.17, 15) is 9.90 Å². The van der Waals surface area contributed by atoms with Crippen LogP contribution in [-0.4, -0.2) is 23.2 Å². The highest BCUT2D eigenvalue weighted by atomic mass is 16.3. The molecule has 6 atom stereocenters. The van der Waals surface area contributed by atoms with E-state index >= 15 is 0 Å². The number of carbonyl (C=O) groups is 1. The Morgan fingerprint density at radius 1 is 1.30 bits per heavy atom. The summed E-state index contributed by atoms with van der Waals surface area (Å²) in [5.74, 6) is 2.25. The molecule has 0 aromatic heterocycles. The van der Waals surface area contributed by atoms with Crippen LogP contribution in [0.1, 0.15) is 106 Å². The Bertz CT molecular complexity index is 786. The second-order valence-corrected chi connectivity index (χ2v) is 12.8. The molecule has 2 N–H and O–H groups in total. The Morgan fingerprint density at radius 2 is 2.03 bits per heavy atom. The van der Waals surface area contributed by atoms with Crippen molar-refractivity contribution in [1.29, 1.82) is 0 Å². The van der Waals surface area contributed by atoms with Crippen molar-refractivity contribution >= 4 is 5.91 Å². The normalized spacial score (nSPS) is 36.2. The highest BCUT2D eigenvalue weighted by molar-refractivity contribution is 5.74. The van der Waals surface area contributed by atoms with Gasteiger partial charge in [0.25, 0.3) is 0 Å². The Kier molecular flexibility index (Phi) is 8.36. The standard InChI is InChI=1S/C30H49NO2/c1-20(10-8-16-29(4,5)6)26-14-15-27-23(11-9-17-30(26,27)7)12-13-24-18-25(33)19-28(21(24)2)31-22(3)32/h12-13,20,25-28,33H,2,8-11,14-19H2,1,3-7H3,(H,31,32)/b23-12+,24-13-/t20-,25-,26-,27+,28+,30-/m1/s1. The molecule has 3 saturated carbocycles. The number of amides is 1. The van der Waals surface area contributed by atoms with E-state index in [2.05, 4.69) is 58.7 Å². The first-order valence-electron chi connectivity index (χ1n) is 13.4. The zero-order valence-corrected chi connectivity index (χ0v) is 22.2. The summed E-state index contributed by atoms with van der Waals surface area (Å²) < 4.78 is 0. The van der Waals surface area contributed by atoms with E-state index < -0.39 is 6.10 Å². The molecule has 0 bridgehead atoms. The number of aliphatic hydroxyl groups is 1. The van der Waals surface area contributed by atoms with Gasteiger partial charge in [-0.1, -0.05) is 71.8 Å². The average Bonchev–Trinajstić information content (AvgIpc) is 3.05. The fraction of sp³-hybridized carbons (Fsp3) is 0.767. The quantitative estimate of drug-likeness (QED) is 0.448. The number of hydrogen-bond donors (Lipinski definition) is 2. The van der Waals surface area contributed by atoms with Crippen molar-refractivity contribution in [3.8, 4) is 0 Å². The van der Waals surface area contributed by atoms with E-state index in [1.165, 1.54) is 58.3 Å². The molecule has 3 fully saturated rings. The fourth-order valence-corrected chi connectivity index (χ4v) is 7.25. The molecule has 0 aromatic carbocycles. The Balaban J connectivity index is 1.71. The summed E-state index contributed by atoms with van der Waals surface area (Å²) in [6.45, 7) is 18.0. The molecule has 33 heavy (non-hydrogen) atoms. The lowest BCUT2D eigenvalue weighted by Crippen LogP contribution is -2.40. The van der Waals surface area contributed by atoms with Crippen LogP contribution in [0.4, 0.5) is 0 Å². The number of nitrogens with one attached hydrogen (secondary N) is 1. The van der Waals surface area contributed by atoms with E-state index in [4.69, 9.17) is 0 Å². The van der Waals surface area contributed by atoms with Crippen LogP contribution in [0.3, 0.4) is 0 Å². The van der Waals surface area contributed by atoms with Crippen LogP contribution in [0.5, 0.6) is 0 Å². The van der Waals surface area contributed by atoms with Crippen molar-refractivity contribution in [1.82, 2.24) is 5.32 Å². The van der Waals surface area contributed by atoms with Crippen molar-refractivity contribution in [3.63, 3.8) is 0 Å². The van der Waals surface area contributed by atoms with E-state index in [0.29, 0.717) is 29.6 Å². The molecule has 3 rings (SSSR count). The summed E-state index contributed by atoms with van der Waals surface area (Å²) in [7, 11) is 0. The molecule has 3 heteroatoms. The summed E-state index contributed by atoms with van der Waals surface area (Å²) in [6.07, 6.45) is 15.9. The predicted octanol–water partition coefficient (Wildman–Crippen LogP) is 7.12. The lowest BCUT2D eigenvalue weighted by Gasteiger charge is -2.44. The first-order valence-corrected chi connectivity index (χ1v) is 13.4. The molecule has 3 nitrogen and oxygen atoms in total. The molecule has 3 aliphatic rings. The third-order valence-electron chi connectivity index (χ3n) is 8.98. The SMILES string of the molecule is C=C1/C(=C\C=C2/CCC[C@]3(C)[C@@H]([C@H](C)CCCC(C)(C)C)CC[C@@H]23)C[C@@H](O)C[C@@H]1NC(C)=O. The van der Waals surface area contributed by atoms with E-state index in [-0.39, 0.29) is 11.9 Å². The lowest BCUT2D eigenvalue weighted by atomic mass is 9.60. The molecular formula is C30H49NO2. The average molecular weight is 456 g/mol.